The van der Waals surface area contributed by atoms with E-state index in [4.69, 9.17) is 0 Å². The van der Waals surface area contributed by atoms with Crippen molar-refractivity contribution in [3.05, 3.63) is 35.4 Å². The molecule has 1 heterocycles. The summed E-state index contributed by atoms with van der Waals surface area (Å²) in [5.41, 5.74) is 2.69. The van der Waals surface area contributed by atoms with Crippen LogP contribution in [0.2, 0.25) is 0 Å². The normalized spacial score (nSPS) is 14.1. The highest BCUT2D eigenvalue weighted by molar-refractivity contribution is 5.74. The van der Waals surface area contributed by atoms with E-state index < -0.39 is 0 Å². The van der Waals surface area contributed by atoms with Crippen LogP contribution < -0.4 is 0 Å². The van der Waals surface area contributed by atoms with Crippen LogP contribution in [0.15, 0.2) is 24.3 Å². The van der Waals surface area contributed by atoms with Gasteiger partial charge in [0.2, 0.25) is 0 Å². The number of fused-ring (bicyclic) bond motifs is 1. The minimum Gasteiger partial charge on any atom is -0.325 e. The van der Waals surface area contributed by atoms with Crippen molar-refractivity contribution in [1.82, 2.24) is 9.80 Å². The Labute approximate surface area is 116 Å². The number of nitrogens with zero attached hydrogens (tertiary/aromatic N) is 2. The second kappa shape index (κ2) is 6.60. The molecule has 0 unspecified atom stereocenters. The highest BCUT2D eigenvalue weighted by atomic mass is 16.2. The van der Waals surface area contributed by atoms with Crippen molar-refractivity contribution in [2.45, 2.75) is 39.7 Å². The smallest absolute Gasteiger partial charge is 0.320 e. The molecule has 1 aliphatic heterocycles. The summed E-state index contributed by atoms with van der Waals surface area (Å²) in [4.78, 5) is 16.5. The molecule has 3 heteroatoms. The van der Waals surface area contributed by atoms with Gasteiger partial charge in [0.25, 0.3) is 0 Å². The zero-order chi connectivity index (χ0) is 13.7. The number of hydrogen-bond donors (Lipinski definition) is 0. The Morgan fingerprint density at radius 1 is 1.16 bits per heavy atom. The first-order chi connectivity index (χ1) is 9.26. The van der Waals surface area contributed by atoms with Gasteiger partial charge in [-0.15, -0.1) is 0 Å². The van der Waals surface area contributed by atoms with Crippen molar-refractivity contribution in [2.24, 2.45) is 0 Å². The van der Waals surface area contributed by atoms with Crippen molar-refractivity contribution < 1.29 is 4.79 Å². The van der Waals surface area contributed by atoms with E-state index in [0.29, 0.717) is 0 Å². The third-order valence-electron chi connectivity index (χ3n) is 3.66. The molecule has 1 aromatic rings. The van der Waals surface area contributed by atoms with Crippen LogP contribution in [0.5, 0.6) is 0 Å². The second-order valence-electron chi connectivity index (χ2n) is 5.21. The Kier molecular flexibility index (Phi) is 4.83. The Hall–Kier alpha value is -1.51. The van der Waals surface area contributed by atoms with Gasteiger partial charge in [-0.25, -0.2) is 4.79 Å². The van der Waals surface area contributed by atoms with Crippen LogP contribution in [0.3, 0.4) is 0 Å². The minimum atomic E-state index is 0.207. The SMILES string of the molecule is CCCN(CCC)C(=O)N1CCc2ccccc2C1. The average molecular weight is 260 g/mol. The molecule has 0 radical (unpaired) electrons. The van der Waals surface area contributed by atoms with E-state index >= 15 is 0 Å². The summed E-state index contributed by atoms with van der Waals surface area (Å²) in [6.07, 6.45) is 3.03. The summed E-state index contributed by atoms with van der Waals surface area (Å²) < 4.78 is 0. The fraction of sp³-hybridized carbons (Fsp3) is 0.562. The molecular weight excluding hydrogens is 236 g/mol. The van der Waals surface area contributed by atoms with Gasteiger partial charge in [-0.3, -0.25) is 0 Å². The molecule has 0 N–H and O–H groups in total. The number of urea groups is 1. The number of benzene rings is 1. The van der Waals surface area contributed by atoms with Crippen LogP contribution in [-0.4, -0.2) is 35.5 Å². The molecule has 3 nitrogen and oxygen atoms in total. The molecule has 0 spiro atoms. The lowest BCUT2D eigenvalue weighted by Gasteiger charge is -2.33. The average Bonchev–Trinajstić information content (AvgIpc) is 2.46. The fourth-order valence-electron chi connectivity index (χ4n) is 2.70. The van der Waals surface area contributed by atoms with E-state index in [1.807, 2.05) is 9.80 Å². The lowest BCUT2D eigenvalue weighted by atomic mass is 10.0. The van der Waals surface area contributed by atoms with E-state index in [9.17, 15) is 4.79 Å². The van der Waals surface area contributed by atoms with Crippen molar-refractivity contribution in [3.8, 4) is 0 Å². The molecular formula is C16H24N2O. The van der Waals surface area contributed by atoms with Gasteiger partial charge < -0.3 is 9.80 Å². The van der Waals surface area contributed by atoms with E-state index in [0.717, 1.165) is 45.4 Å². The minimum absolute atomic E-state index is 0.207. The van der Waals surface area contributed by atoms with Gasteiger partial charge in [0.15, 0.2) is 0 Å². The summed E-state index contributed by atoms with van der Waals surface area (Å²) in [5, 5.41) is 0. The van der Waals surface area contributed by atoms with Gasteiger partial charge in [0.05, 0.1) is 0 Å². The molecule has 0 saturated heterocycles. The number of carbonyl (C=O) groups is 1. The van der Waals surface area contributed by atoms with Crippen LogP contribution >= 0.6 is 0 Å². The molecule has 1 aliphatic rings. The molecule has 0 bridgehead atoms. The lowest BCUT2D eigenvalue weighted by molar-refractivity contribution is 0.147. The molecule has 2 rings (SSSR count). The molecule has 2 amide bonds. The van der Waals surface area contributed by atoms with Gasteiger partial charge in [0.1, 0.15) is 0 Å². The monoisotopic (exact) mass is 260 g/mol. The summed E-state index contributed by atoms with van der Waals surface area (Å²) in [7, 11) is 0. The van der Waals surface area contributed by atoms with Crippen molar-refractivity contribution in [2.75, 3.05) is 19.6 Å². The lowest BCUT2D eigenvalue weighted by Crippen LogP contribution is -2.45. The summed E-state index contributed by atoms with van der Waals surface area (Å²) >= 11 is 0. The van der Waals surface area contributed by atoms with Gasteiger partial charge in [0, 0.05) is 26.2 Å². The topological polar surface area (TPSA) is 23.6 Å². The summed E-state index contributed by atoms with van der Waals surface area (Å²) in [6, 6.07) is 8.66. The van der Waals surface area contributed by atoms with Crippen molar-refractivity contribution in [1.29, 1.82) is 0 Å². The first kappa shape index (κ1) is 13.9. The van der Waals surface area contributed by atoms with Crippen LogP contribution in [-0.2, 0) is 13.0 Å². The molecule has 0 atom stereocenters. The van der Waals surface area contributed by atoms with E-state index in [-0.39, 0.29) is 6.03 Å². The Bertz CT molecular complexity index is 425. The molecule has 0 saturated carbocycles. The van der Waals surface area contributed by atoms with E-state index in [1.165, 1.54) is 11.1 Å². The molecule has 0 aromatic heterocycles. The predicted molar refractivity (Wildman–Crippen MR) is 78.1 cm³/mol. The Morgan fingerprint density at radius 2 is 1.79 bits per heavy atom. The number of amides is 2. The standard InChI is InChI=1S/C16H24N2O/c1-3-10-17(11-4-2)16(19)18-12-9-14-7-5-6-8-15(14)13-18/h5-8H,3-4,9-13H2,1-2H3. The third kappa shape index (κ3) is 3.28. The van der Waals surface area contributed by atoms with Crippen LogP contribution in [0.4, 0.5) is 4.79 Å². The maximum absolute atomic E-state index is 12.5. The summed E-state index contributed by atoms with van der Waals surface area (Å²) in [6.45, 7) is 7.59. The van der Waals surface area contributed by atoms with Gasteiger partial charge in [-0.1, -0.05) is 38.1 Å². The first-order valence-corrected chi connectivity index (χ1v) is 7.36. The number of carbonyl (C=O) groups excluding carboxylic acids is 1. The largest absolute Gasteiger partial charge is 0.325 e. The number of hydrogen-bond acceptors (Lipinski definition) is 1. The second-order valence-corrected chi connectivity index (χ2v) is 5.21. The quantitative estimate of drug-likeness (QED) is 0.815. The van der Waals surface area contributed by atoms with Gasteiger partial charge >= 0.3 is 6.03 Å². The maximum atomic E-state index is 12.5. The van der Waals surface area contributed by atoms with Crippen molar-refractivity contribution >= 4 is 6.03 Å². The predicted octanol–water partition coefficient (Wildman–Crippen LogP) is 3.29. The zero-order valence-corrected chi connectivity index (χ0v) is 12.1. The molecule has 1 aromatic carbocycles. The molecule has 0 aliphatic carbocycles. The highest BCUT2D eigenvalue weighted by Gasteiger charge is 2.23. The number of rotatable bonds is 4. The van der Waals surface area contributed by atoms with E-state index in [2.05, 4.69) is 38.1 Å². The summed E-state index contributed by atoms with van der Waals surface area (Å²) in [5.74, 6) is 0. The Morgan fingerprint density at radius 3 is 2.42 bits per heavy atom. The Balaban J connectivity index is 2.04. The van der Waals surface area contributed by atoms with Crippen LogP contribution in [0, 0.1) is 0 Å². The zero-order valence-electron chi connectivity index (χ0n) is 12.1. The first-order valence-electron chi connectivity index (χ1n) is 7.36. The molecule has 0 fully saturated rings. The molecule has 104 valence electrons. The van der Waals surface area contributed by atoms with Crippen LogP contribution in [0.25, 0.3) is 0 Å². The van der Waals surface area contributed by atoms with Gasteiger partial charge in [-0.05, 0) is 30.4 Å². The fourth-order valence-corrected chi connectivity index (χ4v) is 2.70. The maximum Gasteiger partial charge on any atom is 0.320 e. The van der Waals surface area contributed by atoms with Crippen LogP contribution in [0.1, 0.15) is 37.8 Å². The highest BCUT2D eigenvalue weighted by Crippen LogP contribution is 2.19. The molecule has 19 heavy (non-hydrogen) atoms. The van der Waals surface area contributed by atoms with Gasteiger partial charge in [-0.2, -0.15) is 0 Å². The van der Waals surface area contributed by atoms with Crippen molar-refractivity contribution in [3.63, 3.8) is 0 Å². The third-order valence-corrected chi connectivity index (χ3v) is 3.66. The van der Waals surface area contributed by atoms with E-state index in [1.54, 1.807) is 0 Å².